The largest absolute Gasteiger partial charge is 0.493 e. The van der Waals surface area contributed by atoms with E-state index in [1.54, 1.807) is 18.9 Å². The summed E-state index contributed by atoms with van der Waals surface area (Å²) in [6, 6.07) is 15.2. The Balaban J connectivity index is 2.16. The number of nitrogens with zero attached hydrogens (tertiary/aromatic N) is 3. The van der Waals surface area contributed by atoms with E-state index in [0.29, 0.717) is 17.2 Å². The predicted octanol–water partition coefficient (Wildman–Crippen LogP) is 2.44. The van der Waals surface area contributed by atoms with Crippen molar-refractivity contribution in [2.75, 3.05) is 14.2 Å². The molecule has 0 saturated carbocycles. The lowest BCUT2D eigenvalue weighted by Crippen LogP contribution is -2.01. The Kier molecular flexibility index (Phi) is 4.25. The molecule has 0 unspecified atom stereocenters. The standard InChI is InChI=1S/C17H17N3O3/c1-22-15-9-8-13(10-16(15)23-2)20-17(14(11-21)18-19-20)12-6-4-3-5-7-12/h3-10,21H,11H2,1-2H3. The van der Waals surface area contributed by atoms with Gasteiger partial charge in [0.05, 0.1) is 26.5 Å². The monoisotopic (exact) mass is 311 g/mol. The van der Waals surface area contributed by atoms with Crippen molar-refractivity contribution in [1.29, 1.82) is 0 Å². The van der Waals surface area contributed by atoms with Crippen LogP contribution in [-0.4, -0.2) is 34.3 Å². The Bertz CT molecular complexity index is 800. The molecule has 0 amide bonds. The fraction of sp³-hybridized carbons (Fsp3) is 0.176. The van der Waals surface area contributed by atoms with Crippen molar-refractivity contribution in [3.05, 3.63) is 54.2 Å². The number of aliphatic hydroxyl groups is 1. The van der Waals surface area contributed by atoms with Crippen LogP contribution in [0.4, 0.5) is 0 Å². The minimum Gasteiger partial charge on any atom is -0.493 e. The van der Waals surface area contributed by atoms with E-state index in [9.17, 15) is 5.11 Å². The second-order valence-corrected chi connectivity index (χ2v) is 4.86. The maximum absolute atomic E-state index is 9.56. The Morgan fingerprint density at radius 3 is 2.39 bits per heavy atom. The van der Waals surface area contributed by atoms with Gasteiger partial charge in [-0.15, -0.1) is 5.10 Å². The van der Waals surface area contributed by atoms with Gasteiger partial charge in [0.25, 0.3) is 0 Å². The smallest absolute Gasteiger partial charge is 0.162 e. The van der Waals surface area contributed by atoms with E-state index >= 15 is 0 Å². The second kappa shape index (κ2) is 6.50. The molecule has 0 radical (unpaired) electrons. The molecule has 0 atom stereocenters. The molecule has 0 bridgehead atoms. The second-order valence-electron chi connectivity index (χ2n) is 4.86. The van der Waals surface area contributed by atoms with Gasteiger partial charge in [0, 0.05) is 11.6 Å². The highest BCUT2D eigenvalue weighted by atomic mass is 16.5. The van der Waals surface area contributed by atoms with Crippen molar-refractivity contribution in [3.63, 3.8) is 0 Å². The third-order valence-electron chi connectivity index (χ3n) is 3.55. The van der Waals surface area contributed by atoms with E-state index in [0.717, 1.165) is 16.9 Å². The number of hydrogen-bond donors (Lipinski definition) is 1. The zero-order valence-corrected chi connectivity index (χ0v) is 12.9. The van der Waals surface area contributed by atoms with Gasteiger partial charge in [0.1, 0.15) is 11.4 Å². The van der Waals surface area contributed by atoms with Gasteiger partial charge in [-0.25, -0.2) is 4.68 Å². The molecule has 0 aliphatic carbocycles. The summed E-state index contributed by atoms with van der Waals surface area (Å²) in [6.07, 6.45) is 0. The van der Waals surface area contributed by atoms with Gasteiger partial charge in [0.2, 0.25) is 0 Å². The summed E-state index contributed by atoms with van der Waals surface area (Å²) in [5, 5.41) is 17.8. The van der Waals surface area contributed by atoms with Crippen LogP contribution in [0.3, 0.4) is 0 Å². The fourth-order valence-electron chi connectivity index (χ4n) is 2.44. The Labute approximate surface area is 133 Å². The number of rotatable bonds is 5. The molecular weight excluding hydrogens is 294 g/mol. The summed E-state index contributed by atoms with van der Waals surface area (Å²) in [4.78, 5) is 0. The molecule has 0 spiro atoms. The van der Waals surface area contributed by atoms with Crippen molar-refractivity contribution >= 4 is 0 Å². The number of hydrogen-bond acceptors (Lipinski definition) is 5. The highest BCUT2D eigenvalue weighted by Crippen LogP contribution is 2.31. The van der Waals surface area contributed by atoms with Crippen LogP contribution in [0.5, 0.6) is 11.5 Å². The third-order valence-corrected chi connectivity index (χ3v) is 3.55. The van der Waals surface area contributed by atoms with Crippen LogP contribution in [0.15, 0.2) is 48.5 Å². The van der Waals surface area contributed by atoms with E-state index < -0.39 is 0 Å². The average molecular weight is 311 g/mol. The molecular formula is C17H17N3O3. The molecule has 1 aromatic heterocycles. The molecule has 1 heterocycles. The molecule has 3 rings (SSSR count). The third kappa shape index (κ3) is 2.76. The number of aromatic nitrogens is 3. The van der Waals surface area contributed by atoms with Crippen LogP contribution < -0.4 is 9.47 Å². The fourth-order valence-corrected chi connectivity index (χ4v) is 2.44. The molecule has 6 nitrogen and oxygen atoms in total. The summed E-state index contributed by atoms with van der Waals surface area (Å²) in [6.45, 7) is -0.183. The number of benzene rings is 2. The first kappa shape index (κ1) is 15.1. The lowest BCUT2D eigenvalue weighted by atomic mass is 10.1. The maximum Gasteiger partial charge on any atom is 0.162 e. The lowest BCUT2D eigenvalue weighted by molar-refractivity contribution is 0.277. The maximum atomic E-state index is 9.56. The first-order valence-corrected chi connectivity index (χ1v) is 7.11. The Morgan fingerprint density at radius 2 is 1.74 bits per heavy atom. The lowest BCUT2D eigenvalue weighted by Gasteiger charge is -2.11. The first-order valence-electron chi connectivity index (χ1n) is 7.11. The summed E-state index contributed by atoms with van der Waals surface area (Å²) in [5.41, 5.74) is 2.97. The van der Waals surface area contributed by atoms with Gasteiger partial charge in [-0.3, -0.25) is 0 Å². The highest BCUT2D eigenvalue weighted by molar-refractivity contribution is 5.64. The molecule has 1 N–H and O–H groups in total. The molecule has 0 aliphatic rings. The molecule has 3 aromatic rings. The zero-order chi connectivity index (χ0) is 16.2. The van der Waals surface area contributed by atoms with E-state index in [1.807, 2.05) is 48.5 Å². The van der Waals surface area contributed by atoms with Gasteiger partial charge in [-0.2, -0.15) is 0 Å². The van der Waals surface area contributed by atoms with Crippen molar-refractivity contribution in [1.82, 2.24) is 15.0 Å². The molecule has 0 aliphatic heterocycles. The van der Waals surface area contributed by atoms with Crippen molar-refractivity contribution < 1.29 is 14.6 Å². The Morgan fingerprint density at radius 1 is 1.00 bits per heavy atom. The molecule has 2 aromatic carbocycles. The topological polar surface area (TPSA) is 69.4 Å². The van der Waals surface area contributed by atoms with E-state index in [-0.39, 0.29) is 6.61 Å². The Hall–Kier alpha value is -2.86. The summed E-state index contributed by atoms with van der Waals surface area (Å²) >= 11 is 0. The van der Waals surface area contributed by atoms with Gasteiger partial charge in [-0.1, -0.05) is 35.5 Å². The van der Waals surface area contributed by atoms with Gasteiger partial charge >= 0.3 is 0 Å². The number of methoxy groups -OCH3 is 2. The van der Waals surface area contributed by atoms with Gasteiger partial charge in [0.15, 0.2) is 11.5 Å². The summed E-state index contributed by atoms with van der Waals surface area (Å²) in [5.74, 6) is 1.24. The van der Waals surface area contributed by atoms with Gasteiger partial charge < -0.3 is 14.6 Å². The zero-order valence-electron chi connectivity index (χ0n) is 12.9. The minimum absolute atomic E-state index is 0.183. The first-order chi connectivity index (χ1) is 11.3. The van der Waals surface area contributed by atoms with Crippen molar-refractivity contribution in [3.8, 4) is 28.4 Å². The molecule has 23 heavy (non-hydrogen) atoms. The van der Waals surface area contributed by atoms with E-state index in [2.05, 4.69) is 10.3 Å². The SMILES string of the molecule is COc1ccc(-n2nnc(CO)c2-c2ccccc2)cc1OC. The molecule has 118 valence electrons. The van der Waals surface area contributed by atoms with Crippen LogP contribution in [0.25, 0.3) is 16.9 Å². The van der Waals surface area contributed by atoms with Crippen molar-refractivity contribution in [2.24, 2.45) is 0 Å². The molecule has 0 fully saturated rings. The minimum atomic E-state index is -0.183. The summed E-state index contributed by atoms with van der Waals surface area (Å²) in [7, 11) is 3.17. The average Bonchev–Trinajstić information content (AvgIpc) is 3.05. The quantitative estimate of drug-likeness (QED) is 0.784. The van der Waals surface area contributed by atoms with Crippen LogP contribution in [0, 0.1) is 0 Å². The van der Waals surface area contributed by atoms with Crippen molar-refractivity contribution in [2.45, 2.75) is 6.61 Å². The normalized spacial score (nSPS) is 10.6. The van der Waals surface area contributed by atoms with Crippen LogP contribution in [-0.2, 0) is 6.61 Å². The van der Waals surface area contributed by atoms with Crippen LogP contribution in [0.1, 0.15) is 5.69 Å². The number of aliphatic hydroxyl groups excluding tert-OH is 1. The van der Waals surface area contributed by atoms with E-state index in [4.69, 9.17) is 9.47 Å². The van der Waals surface area contributed by atoms with Crippen LogP contribution in [0.2, 0.25) is 0 Å². The van der Waals surface area contributed by atoms with Gasteiger partial charge in [-0.05, 0) is 12.1 Å². The van der Waals surface area contributed by atoms with Crippen LogP contribution >= 0.6 is 0 Å². The molecule has 0 saturated heterocycles. The predicted molar refractivity (Wildman–Crippen MR) is 85.8 cm³/mol. The number of ether oxygens (including phenoxy) is 2. The molecule has 6 heteroatoms. The highest BCUT2D eigenvalue weighted by Gasteiger charge is 2.16. The van der Waals surface area contributed by atoms with E-state index in [1.165, 1.54) is 0 Å². The summed E-state index contributed by atoms with van der Waals surface area (Å²) < 4.78 is 12.3.